The van der Waals surface area contributed by atoms with Crippen LogP contribution >= 0.6 is 0 Å². The van der Waals surface area contributed by atoms with Crippen molar-refractivity contribution >= 4 is 0 Å². The molecule has 4 heteroatoms. The Morgan fingerprint density at radius 3 is 2.89 bits per heavy atom. The average Bonchev–Trinajstić information content (AvgIpc) is 3.29. The maximum absolute atomic E-state index is 13.2. The molecule has 1 aromatic heterocycles. The van der Waals surface area contributed by atoms with Crippen LogP contribution in [0.3, 0.4) is 0 Å². The van der Waals surface area contributed by atoms with Crippen LogP contribution in [0.25, 0.3) is 0 Å². The predicted octanol–water partition coefficient (Wildman–Crippen LogP) is 3.36. The number of rotatable bonds is 3. The van der Waals surface area contributed by atoms with Crippen LogP contribution in [0.5, 0.6) is 0 Å². The number of halogens is 1. The minimum absolute atomic E-state index is 0.178. The van der Waals surface area contributed by atoms with E-state index in [0.717, 1.165) is 23.7 Å². The zero-order chi connectivity index (χ0) is 12.1. The third kappa shape index (κ3) is 1.72. The second kappa shape index (κ2) is 3.64. The van der Waals surface area contributed by atoms with Crippen molar-refractivity contribution in [2.75, 3.05) is 0 Å². The third-order valence-electron chi connectivity index (χ3n) is 3.78. The van der Waals surface area contributed by atoms with Crippen LogP contribution in [0.1, 0.15) is 54.3 Å². The summed E-state index contributed by atoms with van der Waals surface area (Å²) in [5, 5.41) is 4.02. The van der Waals surface area contributed by atoms with Crippen LogP contribution in [-0.4, -0.2) is 10.1 Å². The van der Waals surface area contributed by atoms with E-state index in [-0.39, 0.29) is 11.7 Å². The molecule has 2 aromatic rings. The molecule has 2 fully saturated rings. The summed E-state index contributed by atoms with van der Waals surface area (Å²) in [5.74, 6) is 2.55. The Balaban J connectivity index is 1.54. The highest BCUT2D eigenvalue weighted by molar-refractivity contribution is 5.31. The lowest BCUT2D eigenvalue weighted by Gasteiger charge is -1.97. The van der Waals surface area contributed by atoms with Crippen LogP contribution < -0.4 is 0 Å². The summed E-state index contributed by atoms with van der Waals surface area (Å²) in [6, 6.07) is 6.79. The second-order valence-corrected chi connectivity index (χ2v) is 5.27. The van der Waals surface area contributed by atoms with E-state index in [0.29, 0.717) is 11.8 Å². The Morgan fingerprint density at radius 2 is 2.11 bits per heavy atom. The van der Waals surface area contributed by atoms with Gasteiger partial charge in [-0.2, -0.15) is 4.98 Å². The first kappa shape index (κ1) is 10.2. The normalized spacial score (nSPS) is 26.3. The SMILES string of the molecule is Fc1cccc(C2CC2c2nc(C3CC3)no2)c1. The van der Waals surface area contributed by atoms with Gasteiger partial charge in [-0.3, -0.25) is 0 Å². The lowest BCUT2D eigenvalue weighted by Crippen LogP contribution is -1.87. The van der Waals surface area contributed by atoms with Crippen molar-refractivity contribution in [3.05, 3.63) is 47.4 Å². The van der Waals surface area contributed by atoms with Gasteiger partial charge in [-0.15, -0.1) is 0 Å². The highest BCUT2D eigenvalue weighted by atomic mass is 19.1. The first-order valence-corrected chi connectivity index (χ1v) is 6.40. The minimum Gasteiger partial charge on any atom is -0.339 e. The van der Waals surface area contributed by atoms with Gasteiger partial charge in [0.2, 0.25) is 5.89 Å². The minimum atomic E-state index is -0.178. The summed E-state index contributed by atoms with van der Waals surface area (Å²) in [4.78, 5) is 4.46. The van der Waals surface area contributed by atoms with Gasteiger partial charge in [0.15, 0.2) is 5.82 Å². The Bertz CT molecular complexity index is 591. The van der Waals surface area contributed by atoms with Gasteiger partial charge in [0.05, 0.1) is 0 Å². The van der Waals surface area contributed by atoms with Crippen molar-refractivity contribution in [2.24, 2.45) is 0 Å². The zero-order valence-corrected chi connectivity index (χ0v) is 9.84. The van der Waals surface area contributed by atoms with Gasteiger partial charge in [0.1, 0.15) is 5.82 Å². The molecule has 4 rings (SSSR count). The van der Waals surface area contributed by atoms with Crippen LogP contribution in [-0.2, 0) is 0 Å². The zero-order valence-electron chi connectivity index (χ0n) is 9.84. The summed E-state index contributed by atoms with van der Waals surface area (Å²) in [7, 11) is 0. The molecule has 18 heavy (non-hydrogen) atoms. The van der Waals surface area contributed by atoms with Gasteiger partial charge in [-0.05, 0) is 42.9 Å². The van der Waals surface area contributed by atoms with E-state index in [4.69, 9.17) is 4.52 Å². The fraction of sp³-hybridized carbons (Fsp3) is 0.429. The summed E-state index contributed by atoms with van der Waals surface area (Å²) < 4.78 is 18.5. The Kier molecular flexibility index (Phi) is 2.07. The predicted molar refractivity (Wildman–Crippen MR) is 62.8 cm³/mol. The number of nitrogens with zero attached hydrogens (tertiary/aromatic N) is 2. The molecule has 0 saturated heterocycles. The van der Waals surface area contributed by atoms with Gasteiger partial charge in [-0.25, -0.2) is 4.39 Å². The topological polar surface area (TPSA) is 38.9 Å². The maximum Gasteiger partial charge on any atom is 0.230 e. The molecule has 1 aromatic carbocycles. The molecule has 0 amide bonds. The molecule has 3 nitrogen and oxygen atoms in total. The van der Waals surface area contributed by atoms with Crippen LogP contribution in [0.4, 0.5) is 4.39 Å². The smallest absolute Gasteiger partial charge is 0.230 e. The Hall–Kier alpha value is -1.71. The van der Waals surface area contributed by atoms with Gasteiger partial charge in [-0.1, -0.05) is 17.3 Å². The molecule has 0 spiro atoms. The summed E-state index contributed by atoms with van der Waals surface area (Å²) in [6.07, 6.45) is 3.34. The summed E-state index contributed by atoms with van der Waals surface area (Å²) in [5.41, 5.74) is 1.03. The van der Waals surface area contributed by atoms with Gasteiger partial charge in [0.25, 0.3) is 0 Å². The molecule has 2 saturated carbocycles. The maximum atomic E-state index is 13.2. The molecule has 0 bridgehead atoms. The van der Waals surface area contributed by atoms with Crippen molar-refractivity contribution in [2.45, 2.75) is 37.0 Å². The van der Waals surface area contributed by atoms with E-state index >= 15 is 0 Å². The van der Waals surface area contributed by atoms with E-state index in [9.17, 15) is 4.39 Å². The van der Waals surface area contributed by atoms with E-state index in [1.807, 2.05) is 6.07 Å². The number of hydrogen-bond donors (Lipinski definition) is 0. The lowest BCUT2D eigenvalue weighted by atomic mass is 10.1. The van der Waals surface area contributed by atoms with Crippen LogP contribution in [0.15, 0.2) is 28.8 Å². The van der Waals surface area contributed by atoms with E-state index < -0.39 is 0 Å². The second-order valence-electron chi connectivity index (χ2n) is 5.27. The molecule has 0 radical (unpaired) electrons. The highest BCUT2D eigenvalue weighted by Crippen LogP contribution is 2.54. The van der Waals surface area contributed by atoms with Crippen LogP contribution in [0, 0.1) is 5.82 Å². The molecule has 1 heterocycles. The first-order valence-electron chi connectivity index (χ1n) is 6.40. The number of benzene rings is 1. The van der Waals surface area contributed by atoms with Gasteiger partial charge < -0.3 is 4.52 Å². The van der Waals surface area contributed by atoms with Crippen molar-refractivity contribution in [3.8, 4) is 0 Å². The van der Waals surface area contributed by atoms with Crippen LogP contribution in [0.2, 0.25) is 0 Å². The third-order valence-corrected chi connectivity index (χ3v) is 3.78. The van der Waals surface area contributed by atoms with Crippen molar-refractivity contribution in [3.63, 3.8) is 0 Å². The van der Waals surface area contributed by atoms with Gasteiger partial charge >= 0.3 is 0 Å². The molecule has 92 valence electrons. The number of hydrogen-bond acceptors (Lipinski definition) is 3. The summed E-state index contributed by atoms with van der Waals surface area (Å²) >= 11 is 0. The fourth-order valence-electron chi connectivity index (χ4n) is 2.48. The molecular weight excluding hydrogens is 231 g/mol. The monoisotopic (exact) mass is 244 g/mol. The Labute approximate surface area is 104 Å². The largest absolute Gasteiger partial charge is 0.339 e. The molecule has 0 aliphatic heterocycles. The van der Waals surface area contributed by atoms with E-state index in [1.54, 1.807) is 12.1 Å². The quantitative estimate of drug-likeness (QED) is 0.831. The molecule has 2 atom stereocenters. The average molecular weight is 244 g/mol. The highest BCUT2D eigenvalue weighted by Gasteiger charge is 2.44. The van der Waals surface area contributed by atoms with E-state index in [2.05, 4.69) is 10.1 Å². The fourth-order valence-corrected chi connectivity index (χ4v) is 2.48. The molecule has 2 aliphatic carbocycles. The van der Waals surface area contributed by atoms with Gasteiger partial charge in [0, 0.05) is 11.8 Å². The molecule has 2 aliphatic rings. The first-order chi connectivity index (χ1) is 8.81. The molecular formula is C14H13FN2O. The molecule has 2 unspecified atom stereocenters. The summed E-state index contributed by atoms with van der Waals surface area (Å²) in [6.45, 7) is 0. The van der Waals surface area contributed by atoms with Crippen molar-refractivity contribution < 1.29 is 8.91 Å². The Morgan fingerprint density at radius 1 is 1.22 bits per heavy atom. The van der Waals surface area contributed by atoms with E-state index in [1.165, 1.54) is 18.9 Å². The molecule has 0 N–H and O–H groups in total. The number of aromatic nitrogens is 2. The van der Waals surface area contributed by atoms with Crippen molar-refractivity contribution in [1.29, 1.82) is 0 Å². The lowest BCUT2D eigenvalue weighted by molar-refractivity contribution is 0.373. The van der Waals surface area contributed by atoms with Crippen molar-refractivity contribution in [1.82, 2.24) is 10.1 Å². The standard InChI is InChI=1S/C14H13FN2O/c15-10-3-1-2-9(6-10)11-7-12(11)14-16-13(17-18-14)8-4-5-8/h1-3,6,8,11-12H,4-5,7H2.